The molecule has 5 nitrogen and oxygen atoms in total. The second-order valence-corrected chi connectivity index (χ2v) is 6.71. The molecule has 2 aliphatic heterocycles. The first kappa shape index (κ1) is 17.2. The lowest BCUT2D eigenvalue weighted by atomic mass is 9.91. The minimum atomic E-state index is -0.805. The van der Waals surface area contributed by atoms with E-state index in [0.717, 1.165) is 0 Å². The van der Waals surface area contributed by atoms with Gasteiger partial charge in [0.25, 0.3) is 0 Å². The minimum absolute atomic E-state index is 0.0374. The van der Waals surface area contributed by atoms with Gasteiger partial charge in [0.2, 0.25) is 5.91 Å². The number of aliphatic carboxylic acids is 1. The van der Waals surface area contributed by atoms with Crippen molar-refractivity contribution in [1.29, 1.82) is 0 Å². The normalized spacial score (nSPS) is 25.0. The number of carbonyl (C=O) groups is 2. The van der Waals surface area contributed by atoms with Crippen molar-refractivity contribution < 1.29 is 23.8 Å². The molecule has 0 unspecified atom stereocenters. The summed E-state index contributed by atoms with van der Waals surface area (Å²) in [5, 5.41) is 9.08. The van der Waals surface area contributed by atoms with Crippen molar-refractivity contribution in [3.63, 3.8) is 0 Å². The number of nitrogens with zero attached hydrogens (tertiary/aromatic N) is 1. The highest BCUT2D eigenvalue weighted by molar-refractivity contribution is 6.30. The Morgan fingerprint density at radius 3 is 2.58 bits per heavy atom. The standard InChI is InChI=1S/C17H19ClFNO4/c18-13-2-1-11(9-14(13)19)15-12(5-8-24-15)16(21)20-6-3-10(4-7-20)17(22)23/h1-2,9-10,12,15H,3-8H2,(H,22,23)/t12-,15+/m1/s1. The van der Waals surface area contributed by atoms with Crippen LogP contribution in [0.5, 0.6) is 0 Å². The maximum Gasteiger partial charge on any atom is 0.306 e. The van der Waals surface area contributed by atoms with E-state index in [1.54, 1.807) is 11.0 Å². The average molecular weight is 356 g/mol. The van der Waals surface area contributed by atoms with Crippen LogP contribution >= 0.6 is 11.6 Å². The number of carbonyl (C=O) groups excluding carboxylic acids is 1. The van der Waals surface area contributed by atoms with Crippen molar-refractivity contribution >= 4 is 23.5 Å². The van der Waals surface area contributed by atoms with E-state index in [2.05, 4.69) is 0 Å². The summed E-state index contributed by atoms with van der Waals surface area (Å²) in [6.07, 6.45) is 1.03. The Kier molecular flexibility index (Phi) is 5.06. The second kappa shape index (κ2) is 7.07. The average Bonchev–Trinajstić information content (AvgIpc) is 3.06. The lowest BCUT2D eigenvalue weighted by Gasteiger charge is -2.33. The van der Waals surface area contributed by atoms with Crippen LogP contribution in [0, 0.1) is 17.7 Å². The van der Waals surface area contributed by atoms with Gasteiger partial charge in [-0.05, 0) is 37.0 Å². The molecule has 3 rings (SSSR count). The monoisotopic (exact) mass is 355 g/mol. The number of ether oxygens (including phenoxy) is 1. The van der Waals surface area contributed by atoms with Crippen molar-refractivity contribution in [3.8, 4) is 0 Å². The lowest BCUT2D eigenvalue weighted by molar-refractivity contribution is -0.147. The highest BCUT2D eigenvalue weighted by atomic mass is 35.5. The Bertz CT molecular complexity index is 645. The fraction of sp³-hybridized carbons (Fsp3) is 0.529. The Morgan fingerprint density at radius 1 is 1.25 bits per heavy atom. The van der Waals surface area contributed by atoms with Gasteiger partial charge in [-0.1, -0.05) is 17.7 Å². The number of hydrogen-bond acceptors (Lipinski definition) is 3. The van der Waals surface area contributed by atoms with Crippen LogP contribution in [0.25, 0.3) is 0 Å². The molecule has 2 atom stereocenters. The van der Waals surface area contributed by atoms with Crippen LogP contribution in [0.3, 0.4) is 0 Å². The number of carboxylic acid groups (broad SMARTS) is 1. The van der Waals surface area contributed by atoms with Crippen LogP contribution in [-0.2, 0) is 14.3 Å². The molecule has 1 amide bonds. The first-order valence-corrected chi connectivity index (χ1v) is 8.43. The Hall–Kier alpha value is -1.66. The lowest BCUT2D eigenvalue weighted by Crippen LogP contribution is -2.43. The number of hydrogen-bond donors (Lipinski definition) is 1. The number of benzene rings is 1. The number of likely N-dealkylation sites (tertiary alicyclic amines) is 1. The smallest absolute Gasteiger partial charge is 0.306 e. The van der Waals surface area contributed by atoms with Gasteiger partial charge >= 0.3 is 5.97 Å². The number of halogens is 2. The first-order valence-electron chi connectivity index (χ1n) is 8.05. The molecule has 2 fully saturated rings. The molecule has 2 heterocycles. The van der Waals surface area contributed by atoms with Gasteiger partial charge in [-0.2, -0.15) is 0 Å². The van der Waals surface area contributed by atoms with Gasteiger partial charge < -0.3 is 14.7 Å². The first-order chi connectivity index (χ1) is 11.5. The molecule has 130 valence electrons. The van der Waals surface area contributed by atoms with Crippen LogP contribution in [0.2, 0.25) is 5.02 Å². The van der Waals surface area contributed by atoms with Crippen LogP contribution in [0.4, 0.5) is 4.39 Å². The molecule has 7 heteroatoms. The molecular formula is C17H19ClFNO4. The van der Waals surface area contributed by atoms with Gasteiger partial charge in [-0.25, -0.2) is 4.39 Å². The number of rotatable bonds is 3. The van der Waals surface area contributed by atoms with Gasteiger partial charge in [-0.15, -0.1) is 0 Å². The van der Waals surface area contributed by atoms with E-state index in [9.17, 15) is 14.0 Å². The molecule has 0 radical (unpaired) electrons. The molecule has 0 saturated carbocycles. The zero-order valence-corrected chi connectivity index (χ0v) is 13.8. The van der Waals surface area contributed by atoms with E-state index in [1.165, 1.54) is 12.1 Å². The van der Waals surface area contributed by atoms with Gasteiger partial charge in [0.1, 0.15) is 5.82 Å². The van der Waals surface area contributed by atoms with E-state index in [0.29, 0.717) is 44.5 Å². The molecule has 24 heavy (non-hydrogen) atoms. The molecule has 2 aliphatic rings. The topological polar surface area (TPSA) is 66.8 Å². The predicted octanol–water partition coefficient (Wildman–Crippen LogP) is 2.88. The third-order valence-electron chi connectivity index (χ3n) is 4.84. The zero-order chi connectivity index (χ0) is 17.3. The Morgan fingerprint density at radius 2 is 1.96 bits per heavy atom. The van der Waals surface area contributed by atoms with Gasteiger partial charge in [-0.3, -0.25) is 9.59 Å². The summed E-state index contributed by atoms with van der Waals surface area (Å²) in [5.74, 6) is -2.13. The van der Waals surface area contributed by atoms with E-state index in [-0.39, 0.29) is 22.8 Å². The second-order valence-electron chi connectivity index (χ2n) is 6.30. The van der Waals surface area contributed by atoms with E-state index >= 15 is 0 Å². The minimum Gasteiger partial charge on any atom is -0.481 e. The van der Waals surface area contributed by atoms with E-state index in [4.69, 9.17) is 21.4 Å². The Balaban J connectivity index is 1.70. The molecule has 1 aromatic rings. The summed E-state index contributed by atoms with van der Waals surface area (Å²) in [5.41, 5.74) is 0.605. The van der Waals surface area contributed by atoms with E-state index < -0.39 is 17.9 Å². The maximum atomic E-state index is 13.7. The molecule has 2 saturated heterocycles. The third kappa shape index (κ3) is 3.39. The fourth-order valence-corrected chi connectivity index (χ4v) is 3.56. The summed E-state index contributed by atoms with van der Waals surface area (Å²) in [6, 6.07) is 4.46. The molecular weight excluding hydrogens is 337 g/mol. The van der Waals surface area contributed by atoms with Crippen LogP contribution in [0.1, 0.15) is 30.9 Å². The zero-order valence-electron chi connectivity index (χ0n) is 13.1. The number of amides is 1. The van der Waals surface area contributed by atoms with Crippen LogP contribution < -0.4 is 0 Å². The number of carboxylic acids is 1. The van der Waals surface area contributed by atoms with Crippen molar-refractivity contribution in [2.75, 3.05) is 19.7 Å². The maximum absolute atomic E-state index is 13.7. The molecule has 0 aromatic heterocycles. The third-order valence-corrected chi connectivity index (χ3v) is 5.14. The van der Waals surface area contributed by atoms with E-state index in [1.807, 2.05) is 0 Å². The highest BCUT2D eigenvalue weighted by Gasteiger charge is 2.39. The molecule has 1 N–H and O–H groups in total. The fourth-order valence-electron chi connectivity index (χ4n) is 3.44. The van der Waals surface area contributed by atoms with Gasteiger partial charge in [0, 0.05) is 19.7 Å². The summed E-state index contributed by atoms with van der Waals surface area (Å²) >= 11 is 5.71. The van der Waals surface area contributed by atoms with Crippen molar-refractivity contribution in [2.24, 2.45) is 11.8 Å². The molecule has 0 bridgehead atoms. The SMILES string of the molecule is O=C(O)C1CCN(C(=O)[C@@H]2CCO[C@H]2c2ccc(Cl)c(F)c2)CC1. The summed E-state index contributed by atoms with van der Waals surface area (Å²) in [7, 11) is 0. The molecule has 1 aromatic carbocycles. The summed E-state index contributed by atoms with van der Waals surface area (Å²) in [6.45, 7) is 1.32. The van der Waals surface area contributed by atoms with Gasteiger partial charge in [0.05, 0.1) is 23.0 Å². The summed E-state index contributed by atoms with van der Waals surface area (Å²) in [4.78, 5) is 25.5. The summed E-state index contributed by atoms with van der Waals surface area (Å²) < 4.78 is 19.4. The highest BCUT2D eigenvalue weighted by Crippen LogP contribution is 2.37. The number of piperidine rings is 1. The quantitative estimate of drug-likeness (QED) is 0.905. The predicted molar refractivity (Wildman–Crippen MR) is 85.1 cm³/mol. The van der Waals surface area contributed by atoms with Crippen molar-refractivity contribution in [1.82, 2.24) is 4.90 Å². The van der Waals surface area contributed by atoms with Crippen LogP contribution in [-0.4, -0.2) is 41.6 Å². The Labute approximate surface area is 144 Å². The van der Waals surface area contributed by atoms with Gasteiger partial charge in [0.15, 0.2) is 0 Å². The van der Waals surface area contributed by atoms with Crippen molar-refractivity contribution in [3.05, 3.63) is 34.6 Å². The largest absolute Gasteiger partial charge is 0.481 e. The molecule has 0 aliphatic carbocycles. The van der Waals surface area contributed by atoms with Crippen molar-refractivity contribution in [2.45, 2.75) is 25.4 Å². The molecule has 0 spiro atoms. The van der Waals surface area contributed by atoms with Crippen LogP contribution in [0.15, 0.2) is 18.2 Å².